The van der Waals surface area contributed by atoms with Gasteiger partial charge in [0.25, 0.3) is 0 Å². The first-order chi connectivity index (χ1) is 7.81. The molecule has 3 heteroatoms. The SMILES string of the molecule is CCCNC(c1csc(C)c1)C1CCCS1. The van der Waals surface area contributed by atoms with E-state index in [1.165, 1.54) is 35.5 Å². The van der Waals surface area contributed by atoms with Gasteiger partial charge in [-0.15, -0.1) is 11.3 Å². The van der Waals surface area contributed by atoms with E-state index in [2.05, 4.69) is 42.4 Å². The van der Waals surface area contributed by atoms with Crippen LogP contribution in [-0.2, 0) is 0 Å². The van der Waals surface area contributed by atoms with Crippen molar-refractivity contribution in [1.82, 2.24) is 5.32 Å². The van der Waals surface area contributed by atoms with Crippen LogP contribution in [0.15, 0.2) is 11.4 Å². The lowest BCUT2D eigenvalue weighted by Crippen LogP contribution is -2.29. The molecule has 1 aromatic rings. The van der Waals surface area contributed by atoms with Gasteiger partial charge in [0.15, 0.2) is 0 Å². The molecule has 1 aromatic heterocycles. The zero-order valence-electron chi connectivity index (χ0n) is 10.2. The molecule has 2 rings (SSSR count). The van der Waals surface area contributed by atoms with E-state index < -0.39 is 0 Å². The number of hydrogen-bond donors (Lipinski definition) is 1. The molecule has 16 heavy (non-hydrogen) atoms. The molecule has 1 fully saturated rings. The maximum atomic E-state index is 3.73. The summed E-state index contributed by atoms with van der Waals surface area (Å²) in [6.45, 7) is 5.58. The summed E-state index contributed by atoms with van der Waals surface area (Å²) >= 11 is 4.02. The lowest BCUT2D eigenvalue weighted by Gasteiger charge is -2.23. The molecular weight excluding hydrogens is 234 g/mol. The van der Waals surface area contributed by atoms with Crippen molar-refractivity contribution in [3.8, 4) is 0 Å². The van der Waals surface area contributed by atoms with Gasteiger partial charge in [0.1, 0.15) is 0 Å². The van der Waals surface area contributed by atoms with Gasteiger partial charge >= 0.3 is 0 Å². The van der Waals surface area contributed by atoms with Gasteiger partial charge < -0.3 is 5.32 Å². The second kappa shape index (κ2) is 6.08. The summed E-state index contributed by atoms with van der Waals surface area (Å²) in [5.41, 5.74) is 1.51. The highest BCUT2D eigenvalue weighted by Gasteiger charge is 2.26. The zero-order valence-corrected chi connectivity index (χ0v) is 11.8. The summed E-state index contributed by atoms with van der Waals surface area (Å²) in [5, 5.41) is 6.85. The molecule has 1 N–H and O–H groups in total. The molecule has 0 aromatic carbocycles. The van der Waals surface area contributed by atoms with Crippen LogP contribution in [0.2, 0.25) is 0 Å². The van der Waals surface area contributed by atoms with Gasteiger partial charge in [0.2, 0.25) is 0 Å². The Morgan fingerprint density at radius 1 is 1.56 bits per heavy atom. The lowest BCUT2D eigenvalue weighted by molar-refractivity contribution is 0.504. The number of thiophene rings is 1. The van der Waals surface area contributed by atoms with Crippen molar-refractivity contribution < 1.29 is 0 Å². The van der Waals surface area contributed by atoms with E-state index in [-0.39, 0.29) is 0 Å². The van der Waals surface area contributed by atoms with Crippen molar-refractivity contribution in [2.45, 2.75) is 44.4 Å². The number of rotatable bonds is 5. The van der Waals surface area contributed by atoms with Crippen LogP contribution in [0.4, 0.5) is 0 Å². The number of aryl methyl sites for hydroxylation is 1. The van der Waals surface area contributed by atoms with Crippen LogP contribution >= 0.6 is 23.1 Å². The molecule has 1 aliphatic rings. The molecule has 0 amide bonds. The molecular formula is C13H21NS2. The molecule has 90 valence electrons. The van der Waals surface area contributed by atoms with Gasteiger partial charge in [-0.1, -0.05) is 6.92 Å². The average Bonchev–Trinajstić information content (AvgIpc) is 2.91. The van der Waals surface area contributed by atoms with E-state index in [0.29, 0.717) is 6.04 Å². The van der Waals surface area contributed by atoms with Gasteiger partial charge in [0, 0.05) is 16.2 Å². The van der Waals surface area contributed by atoms with Crippen molar-refractivity contribution in [1.29, 1.82) is 0 Å². The quantitative estimate of drug-likeness (QED) is 0.853. The lowest BCUT2D eigenvalue weighted by atomic mass is 10.0. The van der Waals surface area contributed by atoms with Crippen LogP contribution in [0.5, 0.6) is 0 Å². The molecule has 1 aliphatic heterocycles. The van der Waals surface area contributed by atoms with Crippen LogP contribution < -0.4 is 5.32 Å². The largest absolute Gasteiger partial charge is 0.309 e. The molecule has 2 atom stereocenters. The first-order valence-electron chi connectivity index (χ1n) is 6.21. The number of nitrogens with one attached hydrogen (secondary N) is 1. The summed E-state index contributed by atoms with van der Waals surface area (Å²) in [6.07, 6.45) is 3.99. The molecule has 1 saturated heterocycles. The fourth-order valence-electron chi connectivity index (χ4n) is 2.26. The van der Waals surface area contributed by atoms with Crippen molar-refractivity contribution in [2.75, 3.05) is 12.3 Å². The second-order valence-corrected chi connectivity index (χ2v) is 6.94. The van der Waals surface area contributed by atoms with E-state index in [0.717, 1.165) is 11.8 Å². The molecule has 0 aliphatic carbocycles. The third-order valence-corrected chi connectivity index (χ3v) is 5.40. The highest BCUT2D eigenvalue weighted by molar-refractivity contribution is 8.00. The summed E-state index contributed by atoms with van der Waals surface area (Å²) in [4.78, 5) is 1.43. The minimum Gasteiger partial charge on any atom is -0.309 e. The highest BCUT2D eigenvalue weighted by atomic mass is 32.2. The van der Waals surface area contributed by atoms with E-state index in [9.17, 15) is 0 Å². The van der Waals surface area contributed by atoms with Crippen LogP contribution in [0.25, 0.3) is 0 Å². The van der Waals surface area contributed by atoms with Crippen molar-refractivity contribution in [3.63, 3.8) is 0 Å². The monoisotopic (exact) mass is 255 g/mol. The predicted octanol–water partition coefficient (Wildman–Crippen LogP) is 3.99. The molecule has 0 bridgehead atoms. The third kappa shape index (κ3) is 3.02. The van der Waals surface area contributed by atoms with Crippen LogP contribution in [0.1, 0.15) is 42.7 Å². The minimum atomic E-state index is 0.581. The van der Waals surface area contributed by atoms with Crippen LogP contribution in [0.3, 0.4) is 0 Å². The molecule has 0 saturated carbocycles. The first-order valence-corrected chi connectivity index (χ1v) is 8.14. The Labute approximate surface area is 107 Å². The maximum Gasteiger partial charge on any atom is 0.0448 e. The molecule has 0 spiro atoms. The second-order valence-electron chi connectivity index (χ2n) is 4.47. The van der Waals surface area contributed by atoms with E-state index >= 15 is 0 Å². The number of thioether (sulfide) groups is 1. The standard InChI is InChI=1S/C13H21NS2/c1-3-6-14-13(12-5-4-7-15-12)11-8-10(2)16-9-11/h8-9,12-14H,3-7H2,1-2H3. The van der Waals surface area contributed by atoms with Crippen LogP contribution in [-0.4, -0.2) is 17.5 Å². The topological polar surface area (TPSA) is 12.0 Å². The Balaban J connectivity index is 2.06. The van der Waals surface area contributed by atoms with Gasteiger partial charge in [0.05, 0.1) is 0 Å². The molecule has 2 heterocycles. The van der Waals surface area contributed by atoms with Crippen molar-refractivity contribution in [3.05, 3.63) is 21.9 Å². The maximum absolute atomic E-state index is 3.73. The number of hydrogen-bond acceptors (Lipinski definition) is 3. The van der Waals surface area contributed by atoms with Gasteiger partial charge in [-0.05, 0) is 55.5 Å². The predicted molar refractivity (Wildman–Crippen MR) is 75.6 cm³/mol. The Morgan fingerprint density at radius 2 is 2.44 bits per heavy atom. The van der Waals surface area contributed by atoms with Crippen LogP contribution in [0, 0.1) is 6.92 Å². The van der Waals surface area contributed by atoms with E-state index in [4.69, 9.17) is 0 Å². The van der Waals surface area contributed by atoms with Gasteiger partial charge in [-0.2, -0.15) is 11.8 Å². The molecule has 2 unspecified atom stereocenters. The van der Waals surface area contributed by atoms with Gasteiger partial charge in [-0.25, -0.2) is 0 Å². The first kappa shape index (κ1) is 12.5. The van der Waals surface area contributed by atoms with Gasteiger partial charge in [-0.3, -0.25) is 0 Å². The minimum absolute atomic E-state index is 0.581. The average molecular weight is 255 g/mol. The Kier molecular flexibility index (Phi) is 4.74. The van der Waals surface area contributed by atoms with Crippen molar-refractivity contribution in [2.24, 2.45) is 0 Å². The smallest absolute Gasteiger partial charge is 0.0448 e. The third-order valence-electron chi connectivity index (χ3n) is 3.06. The molecule has 1 nitrogen and oxygen atoms in total. The Hall–Kier alpha value is 0.01000. The Bertz CT molecular complexity index is 315. The summed E-state index contributed by atoms with van der Waals surface area (Å²) < 4.78 is 0. The zero-order chi connectivity index (χ0) is 11.4. The Morgan fingerprint density at radius 3 is 3.00 bits per heavy atom. The summed E-state index contributed by atoms with van der Waals surface area (Å²) in [5.74, 6) is 1.35. The summed E-state index contributed by atoms with van der Waals surface area (Å²) in [6, 6.07) is 2.94. The highest BCUT2D eigenvalue weighted by Crippen LogP contribution is 2.37. The summed E-state index contributed by atoms with van der Waals surface area (Å²) in [7, 11) is 0. The van der Waals surface area contributed by atoms with E-state index in [1.54, 1.807) is 0 Å². The molecule has 0 radical (unpaired) electrons. The fraction of sp³-hybridized carbons (Fsp3) is 0.692. The fourth-order valence-corrected chi connectivity index (χ4v) is 4.41. The normalized spacial score (nSPS) is 22.5. The van der Waals surface area contributed by atoms with E-state index in [1.807, 2.05) is 11.3 Å². The van der Waals surface area contributed by atoms with Crippen molar-refractivity contribution >= 4 is 23.1 Å².